The van der Waals surface area contributed by atoms with Crippen LogP contribution in [0.4, 0.5) is 17.5 Å². The summed E-state index contributed by atoms with van der Waals surface area (Å²) in [5.74, 6) is 1.80. The Labute approximate surface area is 171 Å². The molecule has 0 saturated carbocycles. The maximum atomic E-state index is 11.7. The average molecular weight is 413 g/mol. The number of aromatic nitrogens is 2. The number of nitrogens with zero attached hydrogens (tertiary/aromatic N) is 2. The molecule has 152 valence electrons. The molecule has 0 unspecified atom stereocenters. The number of hydrogen-bond acceptors (Lipinski definition) is 7. The van der Waals surface area contributed by atoms with E-state index in [0.717, 1.165) is 22.4 Å². The molecule has 29 heavy (non-hydrogen) atoms. The highest BCUT2D eigenvalue weighted by Crippen LogP contribution is 2.28. The lowest BCUT2D eigenvalue weighted by molar-refractivity contribution is 0.416. The fourth-order valence-electron chi connectivity index (χ4n) is 2.79. The van der Waals surface area contributed by atoms with Crippen LogP contribution < -0.4 is 15.4 Å². The van der Waals surface area contributed by atoms with E-state index in [-0.39, 0.29) is 0 Å². The van der Waals surface area contributed by atoms with E-state index in [4.69, 9.17) is 4.74 Å². The standard InChI is InChI=1S/C21H24N4O3S/c1-14-8-9-19(28-3)18(10-14)24-21-23-12-15(2)20(25-21)22-13-16-6-5-7-17(11-16)29(4,26)27/h5-12H,13H2,1-4H3,(H2,22,23,24,25). The number of ether oxygens (including phenoxy) is 1. The number of aryl methyl sites for hydroxylation is 2. The van der Waals surface area contributed by atoms with Gasteiger partial charge in [-0.2, -0.15) is 4.98 Å². The lowest BCUT2D eigenvalue weighted by Gasteiger charge is -2.13. The van der Waals surface area contributed by atoms with Crippen LogP contribution in [0.1, 0.15) is 16.7 Å². The van der Waals surface area contributed by atoms with Crippen LogP contribution in [0.3, 0.4) is 0 Å². The Balaban J connectivity index is 1.79. The van der Waals surface area contributed by atoms with Crippen molar-refractivity contribution < 1.29 is 13.2 Å². The van der Waals surface area contributed by atoms with E-state index < -0.39 is 9.84 Å². The van der Waals surface area contributed by atoms with E-state index in [0.29, 0.717) is 29.0 Å². The van der Waals surface area contributed by atoms with Gasteiger partial charge in [0.05, 0.1) is 17.7 Å². The van der Waals surface area contributed by atoms with Gasteiger partial charge in [0.25, 0.3) is 0 Å². The van der Waals surface area contributed by atoms with Gasteiger partial charge in [0.1, 0.15) is 11.6 Å². The lowest BCUT2D eigenvalue weighted by Crippen LogP contribution is -2.07. The maximum Gasteiger partial charge on any atom is 0.229 e. The number of anilines is 3. The van der Waals surface area contributed by atoms with Gasteiger partial charge < -0.3 is 15.4 Å². The summed E-state index contributed by atoms with van der Waals surface area (Å²) in [6.07, 6.45) is 2.93. The average Bonchev–Trinajstić information content (AvgIpc) is 2.68. The molecule has 1 heterocycles. The van der Waals surface area contributed by atoms with Crippen LogP contribution in [0.5, 0.6) is 5.75 Å². The van der Waals surface area contributed by atoms with Crippen LogP contribution in [0.15, 0.2) is 53.6 Å². The lowest BCUT2D eigenvalue weighted by atomic mass is 10.2. The van der Waals surface area contributed by atoms with Crippen molar-refractivity contribution in [2.75, 3.05) is 24.0 Å². The third-order valence-corrected chi connectivity index (χ3v) is 5.47. The van der Waals surface area contributed by atoms with E-state index in [1.807, 2.05) is 38.1 Å². The molecule has 0 spiro atoms. The Hall–Kier alpha value is -3.13. The van der Waals surface area contributed by atoms with Gasteiger partial charge in [-0.25, -0.2) is 13.4 Å². The van der Waals surface area contributed by atoms with Gasteiger partial charge >= 0.3 is 0 Å². The van der Waals surface area contributed by atoms with E-state index in [1.165, 1.54) is 6.26 Å². The molecule has 0 radical (unpaired) electrons. The van der Waals surface area contributed by atoms with Crippen molar-refractivity contribution in [3.8, 4) is 5.75 Å². The molecule has 0 atom stereocenters. The second-order valence-electron chi connectivity index (χ2n) is 6.83. The minimum absolute atomic E-state index is 0.296. The molecule has 0 aliphatic heterocycles. The van der Waals surface area contributed by atoms with Crippen LogP contribution in [-0.2, 0) is 16.4 Å². The smallest absolute Gasteiger partial charge is 0.229 e. The van der Waals surface area contributed by atoms with E-state index in [1.54, 1.807) is 31.5 Å². The van der Waals surface area contributed by atoms with Gasteiger partial charge in [-0.05, 0) is 49.2 Å². The summed E-state index contributed by atoms with van der Waals surface area (Å²) in [4.78, 5) is 9.19. The minimum Gasteiger partial charge on any atom is -0.495 e. The normalized spacial score (nSPS) is 11.2. The van der Waals surface area contributed by atoms with Crippen molar-refractivity contribution in [1.82, 2.24) is 9.97 Å². The van der Waals surface area contributed by atoms with E-state index in [9.17, 15) is 8.42 Å². The van der Waals surface area contributed by atoms with Crippen molar-refractivity contribution in [1.29, 1.82) is 0 Å². The largest absolute Gasteiger partial charge is 0.495 e. The highest BCUT2D eigenvalue weighted by molar-refractivity contribution is 7.90. The Morgan fingerprint density at radius 2 is 1.90 bits per heavy atom. The monoisotopic (exact) mass is 412 g/mol. The first-order valence-electron chi connectivity index (χ1n) is 9.04. The highest BCUT2D eigenvalue weighted by atomic mass is 32.2. The van der Waals surface area contributed by atoms with Crippen LogP contribution >= 0.6 is 0 Å². The van der Waals surface area contributed by atoms with Gasteiger partial charge in [0, 0.05) is 24.6 Å². The Bertz CT molecular complexity index is 1130. The summed E-state index contributed by atoms with van der Waals surface area (Å²) >= 11 is 0. The van der Waals surface area contributed by atoms with Crippen molar-refractivity contribution in [3.05, 3.63) is 65.4 Å². The molecule has 2 aromatic carbocycles. The van der Waals surface area contributed by atoms with E-state index in [2.05, 4.69) is 20.6 Å². The van der Waals surface area contributed by atoms with Gasteiger partial charge in [-0.3, -0.25) is 0 Å². The summed E-state index contributed by atoms with van der Waals surface area (Å²) in [6, 6.07) is 12.7. The molecule has 0 aliphatic carbocycles. The molecule has 0 fully saturated rings. The fourth-order valence-corrected chi connectivity index (χ4v) is 3.48. The first-order chi connectivity index (χ1) is 13.8. The van der Waals surface area contributed by atoms with Crippen LogP contribution in [0, 0.1) is 13.8 Å². The van der Waals surface area contributed by atoms with Gasteiger partial charge in [-0.1, -0.05) is 18.2 Å². The molecular weight excluding hydrogens is 388 g/mol. The molecule has 2 N–H and O–H groups in total. The number of sulfone groups is 1. The number of methoxy groups -OCH3 is 1. The van der Waals surface area contributed by atoms with Crippen molar-refractivity contribution in [3.63, 3.8) is 0 Å². The number of benzene rings is 2. The minimum atomic E-state index is -3.24. The molecular formula is C21H24N4O3S. The van der Waals surface area contributed by atoms with Crippen molar-refractivity contribution in [2.24, 2.45) is 0 Å². The molecule has 3 rings (SSSR count). The van der Waals surface area contributed by atoms with Crippen LogP contribution in [0.2, 0.25) is 0 Å². The molecule has 8 heteroatoms. The highest BCUT2D eigenvalue weighted by Gasteiger charge is 2.10. The zero-order chi connectivity index (χ0) is 21.0. The molecule has 3 aromatic rings. The topological polar surface area (TPSA) is 93.2 Å². The van der Waals surface area contributed by atoms with E-state index >= 15 is 0 Å². The molecule has 0 aliphatic rings. The van der Waals surface area contributed by atoms with Crippen molar-refractivity contribution in [2.45, 2.75) is 25.3 Å². The summed E-state index contributed by atoms with van der Waals surface area (Å²) in [5, 5.41) is 6.45. The molecule has 7 nitrogen and oxygen atoms in total. The third-order valence-electron chi connectivity index (χ3n) is 4.36. The number of hydrogen-bond donors (Lipinski definition) is 2. The SMILES string of the molecule is COc1ccc(C)cc1Nc1ncc(C)c(NCc2cccc(S(C)(=O)=O)c2)n1. The first kappa shape index (κ1) is 20.6. The summed E-state index contributed by atoms with van der Waals surface area (Å²) in [6.45, 7) is 4.35. The fraction of sp³-hybridized carbons (Fsp3) is 0.238. The summed E-state index contributed by atoms with van der Waals surface area (Å²) in [7, 11) is -1.63. The number of nitrogens with one attached hydrogen (secondary N) is 2. The molecule has 0 bridgehead atoms. The summed E-state index contributed by atoms with van der Waals surface area (Å²) < 4.78 is 28.9. The predicted molar refractivity (Wildman–Crippen MR) is 115 cm³/mol. The van der Waals surface area contributed by atoms with Crippen LogP contribution in [-0.4, -0.2) is 31.8 Å². The second-order valence-corrected chi connectivity index (χ2v) is 8.84. The Morgan fingerprint density at radius 1 is 1.10 bits per heavy atom. The van der Waals surface area contributed by atoms with Crippen LogP contribution in [0.25, 0.3) is 0 Å². The maximum absolute atomic E-state index is 11.7. The third kappa shape index (κ3) is 5.23. The first-order valence-corrected chi connectivity index (χ1v) is 10.9. The quantitative estimate of drug-likeness (QED) is 0.608. The molecule has 1 aromatic heterocycles. The Kier molecular flexibility index (Phi) is 6.03. The molecule has 0 amide bonds. The van der Waals surface area contributed by atoms with Gasteiger partial charge in [0.2, 0.25) is 5.95 Å². The zero-order valence-corrected chi connectivity index (χ0v) is 17.7. The predicted octanol–water partition coefficient (Wildman–Crippen LogP) is 3.86. The van der Waals surface area contributed by atoms with Crippen molar-refractivity contribution >= 4 is 27.3 Å². The Morgan fingerprint density at radius 3 is 2.62 bits per heavy atom. The zero-order valence-electron chi connectivity index (χ0n) is 16.9. The summed E-state index contributed by atoms with van der Waals surface area (Å²) in [5.41, 5.74) is 3.60. The molecule has 0 saturated heterocycles. The second kappa shape index (κ2) is 8.48. The van der Waals surface area contributed by atoms with Gasteiger partial charge in [-0.15, -0.1) is 0 Å². The van der Waals surface area contributed by atoms with Gasteiger partial charge in [0.15, 0.2) is 9.84 Å². The number of rotatable bonds is 7.